The van der Waals surface area contributed by atoms with Crippen LogP contribution in [0, 0.1) is 0 Å². The lowest BCUT2D eigenvalue weighted by molar-refractivity contribution is -0.119. The third-order valence-corrected chi connectivity index (χ3v) is 4.90. The smallest absolute Gasteiger partial charge is 0.415 e. The fourth-order valence-corrected chi connectivity index (χ4v) is 3.29. The Labute approximate surface area is 175 Å². The van der Waals surface area contributed by atoms with Crippen LogP contribution in [0.25, 0.3) is 0 Å². The Hall–Kier alpha value is -3.10. The van der Waals surface area contributed by atoms with Gasteiger partial charge < -0.3 is 23.8 Å². The summed E-state index contributed by atoms with van der Waals surface area (Å²) in [4.78, 5) is 28.6. The van der Waals surface area contributed by atoms with Crippen LogP contribution in [0.5, 0.6) is 5.75 Å². The minimum absolute atomic E-state index is 0.114. The fraction of sp³-hybridized carbons (Fsp3) is 0.364. The van der Waals surface area contributed by atoms with Gasteiger partial charge in [0.15, 0.2) is 6.29 Å². The van der Waals surface area contributed by atoms with Gasteiger partial charge in [-0.05, 0) is 17.7 Å². The Morgan fingerprint density at radius 2 is 1.77 bits per heavy atom. The molecule has 2 aromatic rings. The summed E-state index contributed by atoms with van der Waals surface area (Å²) in [6.07, 6.45) is -0.529. The summed E-state index contributed by atoms with van der Waals surface area (Å²) in [5.41, 5.74) is 2.03. The number of fused-ring (bicyclic) bond motifs is 1. The van der Waals surface area contributed by atoms with Gasteiger partial charge in [0, 0.05) is 33.3 Å². The molecule has 0 radical (unpaired) electrons. The van der Waals surface area contributed by atoms with Crippen molar-refractivity contribution in [2.45, 2.75) is 19.3 Å². The van der Waals surface area contributed by atoms with Gasteiger partial charge in [-0.1, -0.05) is 30.3 Å². The van der Waals surface area contributed by atoms with E-state index in [1.807, 2.05) is 30.3 Å². The second-order valence-corrected chi connectivity index (χ2v) is 6.72. The normalized spacial score (nSPS) is 13.4. The van der Waals surface area contributed by atoms with Crippen LogP contribution >= 0.6 is 0 Å². The molecule has 0 spiro atoms. The number of nitrogens with zero attached hydrogens (tertiary/aromatic N) is 2. The first-order valence-corrected chi connectivity index (χ1v) is 9.59. The van der Waals surface area contributed by atoms with Gasteiger partial charge >= 0.3 is 6.09 Å². The summed E-state index contributed by atoms with van der Waals surface area (Å²) >= 11 is 0. The molecule has 1 aliphatic rings. The van der Waals surface area contributed by atoms with Crippen molar-refractivity contribution in [3.63, 3.8) is 0 Å². The van der Waals surface area contributed by atoms with Crippen molar-refractivity contribution in [3.05, 3.63) is 54.1 Å². The van der Waals surface area contributed by atoms with E-state index >= 15 is 0 Å². The predicted molar refractivity (Wildman–Crippen MR) is 112 cm³/mol. The highest BCUT2D eigenvalue weighted by molar-refractivity contribution is 6.09. The summed E-state index contributed by atoms with van der Waals surface area (Å²) in [5, 5.41) is 0. The minimum atomic E-state index is -0.579. The first-order valence-electron chi connectivity index (χ1n) is 9.59. The van der Waals surface area contributed by atoms with Crippen molar-refractivity contribution in [2.24, 2.45) is 0 Å². The standard InChI is InChI=1S/C22H26N2O6/c1-27-17-9-10-18-19(13-17)23(12-11-21(28-2)29-3)20(25)14-24(18)22(26)30-15-16-7-5-4-6-8-16/h4-10,13,21H,11-12,14-15H2,1-3H3. The maximum atomic E-state index is 12.9. The van der Waals surface area contributed by atoms with Crippen LogP contribution in [0.3, 0.4) is 0 Å². The largest absolute Gasteiger partial charge is 0.497 e. The molecule has 2 aromatic carbocycles. The molecule has 30 heavy (non-hydrogen) atoms. The molecule has 0 saturated carbocycles. The highest BCUT2D eigenvalue weighted by Crippen LogP contribution is 2.37. The molecule has 160 valence electrons. The van der Waals surface area contributed by atoms with E-state index in [1.165, 1.54) is 4.90 Å². The highest BCUT2D eigenvalue weighted by atomic mass is 16.7. The zero-order valence-electron chi connectivity index (χ0n) is 17.4. The van der Waals surface area contributed by atoms with E-state index < -0.39 is 12.4 Å². The van der Waals surface area contributed by atoms with Gasteiger partial charge in [-0.2, -0.15) is 0 Å². The van der Waals surface area contributed by atoms with Crippen molar-refractivity contribution in [1.29, 1.82) is 0 Å². The van der Waals surface area contributed by atoms with Crippen LogP contribution in [0.15, 0.2) is 48.5 Å². The fourth-order valence-electron chi connectivity index (χ4n) is 3.29. The van der Waals surface area contributed by atoms with Crippen molar-refractivity contribution < 1.29 is 28.5 Å². The molecule has 0 saturated heterocycles. The topological polar surface area (TPSA) is 77.5 Å². The predicted octanol–water partition coefficient (Wildman–Crippen LogP) is 3.19. The lowest BCUT2D eigenvalue weighted by Gasteiger charge is -2.36. The minimum Gasteiger partial charge on any atom is -0.497 e. The van der Waals surface area contributed by atoms with Gasteiger partial charge in [-0.25, -0.2) is 4.79 Å². The number of hydrogen-bond donors (Lipinski definition) is 0. The third kappa shape index (κ3) is 4.90. The Kier molecular flexibility index (Phi) is 7.26. The van der Waals surface area contributed by atoms with Crippen molar-refractivity contribution >= 4 is 23.4 Å². The van der Waals surface area contributed by atoms with Gasteiger partial charge in [0.25, 0.3) is 0 Å². The molecule has 1 aliphatic heterocycles. The number of anilines is 2. The number of hydrogen-bond acceptors (Lipinski definition) is 6. The molecule has 0 atom stereocenters. The molecular formula is C22H26N2O6. The van der Waals surface area contributed by atoms with E-state index in [2.05, 4.69) is 0 Å². The van der Waals surface area contributed by atoms with E-state index in [-0.39, 0.29) is 19.1 Å². The van der Waals surface area contributed by atoms with E-state index in [0.717, 1.165) is 5.56 Å². The van der Waals surface area contributed by atoms with Gasteiger partial charge in [0.1, 0.15) is 18.9 Å². The molecule has 8 nitrogen and oxygen atoms in total. The number of benzene rings is 2. The molecule has 8 heteroatoms. The number of ether oxygens (including phenoxy) is 4. The monoisotopic (exact) mass is 414 g/mol. The highest BCUT2D eigenvalue weighted by Gasteiger charge is 2.34. The SMILES string of the molecule is COc1ccc2c(c1)N(CCC(OC)OC)C(=O)CN2C(=O)OCc1ccccc1. The van der Waals surface area contributed by atoms with Gasteiger partial charge in [0.2, 0.25) is 5.91 Å². The first-order chi connectivity index (χ1) is 14.6. The van der Waals surface area contributed by atoms with Gasteiger partial charge in [-0.3, -0.25) is 9.69 Å². The molecule has 0 aliphatic carbocycles. The zero-order valence-corrected chi connectivity index (χ0v) is 17.4. The summed E-state index contributed by atoms with van der Waals surface area (Å²) in [6.45, 7) is 0.388. The number of amides is 2. The Morgan fingerprint density at radius 1 is 1.03 bits per heavy atom. The van der Waals surface area contributed by atoms with E-state index in [9.17, 15) is 9.59 Å². The van der Waals surface area contributed by atoms with Crippen LogP contribution in [-0.2, 0) is 25.6 Å². The number of rotatable bonds is 8. The molecule has 0 N–H and O–H groups in total. The van der Waals surface area contributed by atoms with Crippen LogP contribution < -0.4 is 14.5 Å². The molecule has 2 amide bonds. The molecule has 0 fully saturated rings. The molecular weight excluding hydrogens is 388 g/mol. The van der Waals surface area contributed by atoms with Gasteiger partial charge in [-0.15, -0.1) is 0 Å². The Bertz CT molecular complexity index is 869. The number of methoxy groups -OCH3 is 3. The maximum Gasteiger partial charge on any atom is 0.415 e. The van der Waals surface area contributed by atoms with Crippen LogP contribution in [0.2, 0.25) is 0 Å². The summed E-state index contributed by atoms with van der Waals surface area (Å²) in [5.74, 6) is 0.361. The molecule has 0 unspecified atom stereocenters. The number of carbonyl (C=O) groups is 2. The van der Waals surface area contributed by atoms with E-state index in [4.69, 9.17) is 18.9 Å². The zero-order chi connectivity index (χ0) is 21.5. The average Bonchev–Trinajstić information content (AvgIpc) is 2.79. The third-order valence-electron chi connectivity index (χ3n) is 4.90. The summed E-state index contributed by atoms with van der Waals surface area (Å²) < 4.78 is 21.2. The Morgan fingerprint density at radius 3 is 2.43 bits per heavy atom. The lowest BCUT2D eigenvalue weighted by Crippen LogP contribution is -2.49. The van der Waals surface area contributed by atoms with Crippen LogP contribution in [-0.4, -0.2) is 52.7 Å². The average molecular weight is 414 g/mol. The molecule has 1 heterocycles. The first kappa shape index (κ1) is 21.6. The quantitative estimate of drug-likeness (QED) is 0.618. The molecule has 0 aromatic heterocycles. The summed E-state index contributed by atoms with van der Waals surface area (Å²) in [6, 6.07) is 14.6. The second kappa shape index (κ2) is 10.1. The number of carbonyl (C=O) groups excluding carboxylic acids is 2. The van der Waals surface area contributed by atoms with Crippen molar-refractivity contribution in [2.75, 3.05) is 44.2 Å². The lowest BCUT2D eigenvalue weighted by atomic mass is 10.1. The van der Waals surface area contributed by atoms with Crippen molar-refractivity contribution in [3.8, 4) is 5.75 Å². The van der Waals surface area contributed by atoms with E-state index in [0.29, 0.717) is 30.1 Å². The second-order valence-electron chi connectivity index (χ2n) is 6.72. The van der Waals surface area contributed by atoms with E-state index in [1.54, 1.807) is 44.4 Å². The summed E-state index contributed by atoms with van der Waals surface area (Å²) in [7, 11) is 4.65. The Balaban J connectivity index is 1.81. The molecule has 0 bridgehead atoms. The van der Waals surface area contributed by atoms with Crippen molar-refractivity contribution in [1.82, 2.24) is 0 Å². The van der Waals surface area contributed by atoms with Crippen LogP contribution in [0.4, 0.5) is 16.2 Å². The molecule has 3 rings (SSSR count). The maximum absolute atomic E-state index is 12.9. The van der Waals surface area contributed by atoms with Gasteiger partial charge in [0.05, 0.1) is 18.5 Å². The van der Waals surface area contributed by atoms with Crippen LogP contribution in [0.1, 0.15) is 12.0 Å².